The van der Waals surface area contributed by atoms with Crippen molar-refractivity contribution in [3.63, 3.8) is 0 Å². The maximum atomic E-state index is 12.4. The van der Waals surface area contributed by atoms with Crippen molar-refractivity contribution in [2.45, 2.75) is 13.5 Å². The first-order valence-electron chi connectivity index (χ1n) is 7.21. The van der Waals surface area contributed by atoms with Crippen molar-refractivity contribution in [2.75, 3.05) is 11.9 Å². The molecular weight excluding hydrogens is 316 g/mol. The molecule has 3 rings (SSSR count). The molecule has 2 heterocycles. The Morgan fingerprint density at radius 1 is 1.35 bits per heavy atom. The van der Waals surface area contributed by atoms with Crippen molar-refractivity contribution in [1.82, 2.24) is 4.57 Å². The molecular formula is C17H15ClN2O3. The molecule has 23 heavy (non-hydrogen) atoms. The highest BCUT2D eigenvalue weighted by Crippen LogP contribution is 2.29. The quantitative estimate of drug-likeness (QED) is 0.941. The van der Waals surface area contributed by atoms with E-state index in [1.165, 1.54) is 10.6 Å². The SMILES string of the molecule is CCn1cc(NC(=O)C2=Cc3cc(Cl)ccc3OC2)ccc1=O. The van der Waals surface area contributed by atoms with Gasteiger partial charge < -0.3 is 14.6 Å². The lowest BCUT2D eigenvalue weighted by Gasteiger charge is -2.18. The third kappa shape index (κ3) is 3.29. The molecule has 1 aliphatic heterocycles. The topological polar surface area (TPSA) is 60.3 Å². The second-order valence-electron chi connectivity index (χ2n) is 5.14. The van der Waals surface area contributed by atoms with E-state index in [9.17, 15) is 9.59 Å². The molecule has 0 bridgehead atoms. The molecule has 5 nitrogen and oxygen atoms in total. The van der Waals surface area contributed by atoms with E-state index < -0.39 is 0 Å². The Kier molecular flexibility index (Phi) is 4.21. The van der Waals surface area contributed by atoms with E-state index in [2.05, 4.69) is 5.32 Å². The highest BCUT2D eigenvalue weighted by molar-refractivity contribution is 6.30. The molecule has 0 fully saturated rings. The van der Waals surface area contributed by atoms with Gasteiger partial charge in [-0.25, -0.2) is 0 Å². The lowest BCUT2D eigenvalue weighted by atomic mass is 10.1. The molecule has 0 atom stereocenters. The van der Waals surface area contributed by atoms with Gasteiger partial charge in [0, 0.05) is 29.4 Å². The summed E-state index contributed by atoms with van der Waals surface area (Å²) >= 11 is 5.96. The summed E-state index contributed by atoms with van der Waals surface area (Å²) < 4.78 is 7.10. The molecule has 2 aromatic rings. The number of rotatable bonds is 3. The van der Waals surface area contributed by atoms with Crippen LogP contribution in [0.25, 0.3) is 6.08 Å². The molecule has 118 valence electrons. The third-order valence-corrected chi connectivity index (χ3v) is 3.79. The maximum Gasteiger partial charge on any atom is 0.255 e. The number of amides is 1. The molecule has 6 heteroatoms. The summed E-state index contributed by atoms with van der Waals surface area (Å²) in [7, 11) is 0. The molecule has 0 aliphatic carbocycles. The van der Waals surface area contributed by atoms with E-state index in [4.69, 9.17) is 16.3 Å². The van der Waals surface area contributed by atoms with Gasteiger partial charge in [0.25, 0.3) is 11.5 Å². The van der Waals surface area contributed by atoms with Gasteiger partial charge in [0.05, 0.1) is 11.3 Å². The minimum atomic E-state index is -0.267. The molecule has 1 amide bonds. The predicted molar refractivity (Wildman–Crippen MR) is 89.9 cm³/mol. The average molecular weight is 331 g/mol. The number of carbonyl (C=O) groups is 1. The average Bonchev–Trinajstić information content (AvgIpc) is 2.55. The Morgan fingerprint density at radius 2 is 2.17 bits per heavy atom. The number of hydrogen-bond acceptors (Lipinski definition) is 3. The maximum absolute atomic E-state index is 12.4. The zero-order chi connectivity index (χ0) is 16.4. The smallest absolute Gasteiger partial charge is 0.255 e. The minimum Gasteiger partial charge on any atom is -0.488 e. The van der Waals surface area contributed by atoms with E-state index in [-0.39, 0.29) is 18.1 Å². The van der Waals surface area contributed by atoms with Gasteiger partial charge >= 0.3 is 0 Å². The van der Waals surface area contributed by atoms with Crippen molar-refractivity contribution in [2.24, 2.45) is 0 Å². The van der Waals surface area contributed by atoms with Crippen molar-refractivity contribution < 1.29 is 9.53 Å². The van der Waals surface area contributed by atoms with Gasteiger partial charge in [-0.3, -0.25) is 9.59 Å². The fourth-order valence-corrected chi connectivity index (χ4v) is 2.52. The van der Waals surface area contributed by atoms with Crippen LogP contribution in [0.5, 0.6) is 5.75 Å². The van der Waals surface area contributed by atoms with Crippen LogP contribution in [0.4, 0.5) is 5.69 Å². The van der Waals surface area contributed by atoms with Gasteiger partial charge in [-0.05, 0) is 37.3 Å². The second kappa shape index (κ2) is 6.30. The highest BCUT2D eigenvalue weighted by Gasteiger charge is 2.17. The fraction of sp³-hybridized carbons (Fsp3) is 0.176. The number of nitrogens with zero attached hydrogens (tertiary/aromatic N) is 1. The van der Waals surface area contributed by atoms with Gasteiger partial charge in [0.2, 0.25) is 0 Å². The van der Waals surface area contributed by atoms with E-state index in [0.717, 1.165) is 5.56 Å². The number of fused-ring (bicyclic) bond motifs is 1. The number of anilines is 1. The van der Waals surface area contributed by atoms with Crippen LogP contribution in [-0.4, -0.2) is 17.1 Å². The van der Waals surface area contributed by atoms with E-state index in [0.29, 0.717) is 28.6 Å². The molecule has 1 aromatic heterocycles. The lowest BCUT2D eigenvalue weighted by Crippen LogP contribution is -2.23. The van der Waals surface area contributed by atoms with Crippen molar-refractivity contribution >= 4 is 29.3 Å². The lowest BCUT2D eigenvalue weighted by molar-refractivity contribution is -0.113. The van der Waals surface area contributed by atoms with Crippen molar-refractivity contribution in [1.29, 1.82) is 0 Å². The van der Waals surface area contributed by atoms with Crippen LogP contribution in [0.2, 0.25) is 5.02 Å². The number of aryl methyl sites for hydroxylation is 1. The van der Waals surface area contributed by atoms with Crippen LogP contribution >= 0.6 is 11.6 Å². The van der Waals surface area contributed by atoms with Crippen molar-refractivity contribution in [3.8, 4) is 5.75 Å². The number of nitrogens with one attached hydrogen (secondary N) is 1. The fourth-order valence-electron chi connectivity index (χ4n) is 2.34. The largest absolute Gasteiger partial charge is 0.488 e. The molecule has 0 unspecified atom stereocenters. The molecule has 1 aromatic carbocycles. The molecule has 1 aliphatic rings. The zero-order valence-corrected chi connectivity index (χ0v) is 13.3. The van der Waals surface area contributed by atoms with Crippen LogP contribution in [0.1, 0.15) is 12.5 Å². The Bertz CT molecular complexity index is 855. The Balaban J connectivity index is 1.83. The first kappa shape index (κ1) is 15.4. The monoisotopic (exact) mass is 330 g/mol. The number of benzene rings is 1. The van der Waals surface area contributed by atoms with Crippen LogP contribution in [0.3, 0.4) is 0 Å². The number of carbonyl (C=O) groups excluding carboxylic acids is 1. The second-order valence-corrected chi connectivity index (χ2v) is 5.57. The first-order chi connectivity index (χ1) is 11.1. The van der Waals surface area contributed by atoms with Gasteiger partial charge in [-0.15, -0.1) is 0 Å². The summed E-state index contributed by atoms with van der Waals surface area (Å²) in [4.78, 5) is 23.9. The number of aromatic nitrogens is 1. The van der Waals surface area contributed by atoms with Gasteiger partial charge in [-0.2, -0.15) is 0 Å². The zero-order valence-electron chi connectivity index (χ0n) is 12.5. The Labute approximate surface area is 138 Å². The van der Waals surface area contributed by atoms with Gasteiger partial charge in [0.15, 0.2) is 0 Å². The summed E-state index contributed by atoms with van der Waals surface area (Å²) in [5.74, 6) is 0.433. The van der Waals surface area contributed by atoms with Crippen LogP contribution < -0.4 is 15.6 Å². The number of ether oxygens (including phenoxy) is 1. The third-order valence-electron chi connectivity index (χ3n) is 3.56. The number of hydrogen-bond donors (Lipinski definition) is 1. The summed E-state index contributed by atoms with van der Waals surface area (Å²) in [5.41, 5.74) is 1.73. The first-order valence-corrected chi connectivity index (χ1v) is 7.59. The van der Waals surface area contributed by atoms with Gasteiger partial charge in [-0.1, -0.05) is 11.6 Å². The summed E-state index contributed by atoms with van der Waals surface area (Å²) in [6.45, 7) is 2.60. The number of pyridine rings is 1. The standard InChI is InChI=1S/C17H15ClN2O3/c1-2-20-9-14(4-6-16(20)21)19-17(22)12-7-11-8-13(18)3-5-15(11)23-10-12/h3-9H,2,10H2,1H3,(H,19,22). The van der Waals surface area contributed by atoms with Crippen LogP contribution in [0, 0.1) is 0 Å². The molecule has 0 spiro atoms. The Morgan fingerprint density at radius 3 is 2.96 bits per heavy atom. The predicted octanol–water partition coefficient (Wildman–Crippen LogP) is 2.94. The molecule has 1 N–H and O–H groups in total. The summed E-state index contributed by atoms with van der Waals surface area (Å²) in [6, 6.07) is 8.29. The highest BCUT2D eigenvalue weighted by atomic mass is 35.5. The molecule has 0 saturated carbocycles. The van der Waals surface area contributed by atoms with Crippen LogP contribution in [0.15, 0.2) is 46.9 Å². The summed E-state index contributed by atoms with van der Waals surface area (Å²) in [6.07, 6.45) is 3.38. The van der Waals surface area contributed by atoms with E-state index in [1.807, 2.05) is 6.92 Å². The van der Waals surface area contributed by atoms with Crippen LogP contribution in [-0.2, 0) is 11.3 Å². The Hall–Kier alpha value is -2.53. The van der Waals surface area contributed by atoms with E-state index >= 15 is 0 Å². The van der Waals surface area contributed by atoms with Crippen molar-refractivity contribution in [3.05, 3.63) is 63.0 Å². The molecule has 0 saturated heterocycles. The minimum absolute atomic E-state index is 0.103. The molecule has 0 radical (unpaired) electrons. The summed E-state index contributed by atoms with van der Waals surface area (Å²) in [5, 5.41) is 3.36. The normalized spacial score (nSPS) is 12.9. The van der Waals surface area contributed by atoms with Gasteiger partial charge in [0.1, 0.15) is 12.4 Å². The van der Waals surface area contributed by atoms with E-state index in [1.54, 1.807) is 36.5 Å². The number of halogens is 1.